The minimum absolute atomic E-state index is 0.544. The number of hydrogen-bond donors (Lipinski definition) is 0. The van der Waals surface area contributed by atoms with E-state index >= 15 is 0 Å². The minimum atomic E-state index is 0.544. The molecule has 0 N–H and O–H groups in total. The van der Waals surface area contributed by atoms with Gasteiger partial charge in [-0.05, 0) is 24.5 Å². The van der Waals surface area contributed by atoms with E-state index in [0.717, 1.165) is 30.5 Å². The average molecular weight is 280 g/mol. The number of aromatic nitrogens is 1. The first kappa shape index (κ1) is 13.2. The van der Waals surface area contributed by atoms with Gasteiger partial charge in [-0.25, -0.2) is 4.98 Å². The summed E-state index contributed by atoms with van der Waals surface area (Å²) in [5.41, 5.74) is 1.09. The fourth-order valence-corrected chi connectivity index (χ4v) is 3.43. The normalized spacial score (nSPS) is 22.1. The van der Waals surface area contributed by atoms with Gasteiger partial charge in [0.15, 0.2) is 0 Å². The van der Waals surface area contributed by atoms with E-state index in [1.807, 2.05) is 6.20 Å². The maximum atomic E-state index is 5.80. The van der Waals surface area contributed by atoms with Crippen LogP contribution in [0, 0.1) is 0 Å². The minimum Gasteiger partial charge on any atom is -0.354 e. The zero-order chi connectivity index (χ0) is 13.1. The number of pyridine rings is 1. The van der Waals surface area contributed by atoms with E-state index in [-0.39, 0.29) is 0 Å². The van der Waals surface area contributed by atoms with Gasteiger partial charge in [-0.1, -0.05) is 18.9 Å². The first-order valence-corrected chi connectivity index (χ1v) is 7.90. The van der Waals surface area contributed by atoms with Crippen LogP contribution < -0.4 is 4.90 Å². The SMILES string of the molecule is ClCc1ccc(N2CCN(C3CCCC3)CC2)nc1. The Morgan fingerprint density at radius 1 is 1.11 bits per heavy atom. The van der Waals surface area contributed by atoms with Crippen LogP contribution in [0.2, 0.25) is 0 Å². The molecule has 1 aliphatic carbocycles. The molecule has 1 aromatic rings. The first-order chi connectivity index (χ1) is 9.36. The molecule has 1 saturated heterocycles. The quantitative estimate of drug-likeness (QED) is 0.793. The first-order valence-electron chi connectivity index (χ1n) is 7.37. The van der Waals surface area contributed by atoms with Gasteiger partial charge in [-0.3, -0.25) is 4.90 Å². The van der Waals surface area contributed by atoms with E-state index in [9.17, 15) is 0 Å². The molecule has 1 aromatic heterocycles. The van der Waals surface area contributed by atoms with Crippen molar-refractivity contribution in [2.75, 3.05) is 31.1 Å². The third kappa shape index (κ3) is 3.03. The number of rotatable bonds is 3. The topological polar surface area (TPSA) is 19.4 Å². The number of nitrogens with zero attached hydrogens (tertiary/aromatic N) is 3. The average Bonchev–Trinajstić information content (AvgIpc) is 3.02. The van der Waals surface area contributed by atoms with Crippen LogP contribution in [-0.4, -0.2) is 42.1 Å². The number of piperazine rings is 1. The van der Waals surface area contributed by atoms with Crippen LogP contribution in [0.5, 0.6) is 0 Å². The van der Waals surface area contributed by atoms with E-state index in [0.29, 0.717) is 5.88 Å². The Labute approximate surface area is 120 Å². The highest BCUT2D eigenvalue weighted by atomic mass is 35.5. The second-order valence-corrected chi connectivity index (χ2v) is 5.89. The van der Waals surface area contributed by atoms with Gasteiger partial charge in [-0.2, -0.15) is 0 Å². The van der Waals surface area contributed by atoms with Crippen molar-refractivity contribution in [3.05, 3.63) is 23.9 Å². The number of anilines is 1. The highest BCUT2D eigenvalue weighted by Gasteiger charge is 2.26. The van der Waals surface area contributed by atoms with E-state index < -0.39 is 0 Å². The summed E-state index contributed by atoms with van der Waals surface area (Å²) >= 11 is 5.80. The molecule has 0 aromatic carbocycles. The Kier molecular flexibility index (Phi) is 4.24. The van der Waals surface area contributed by atoms with Gasteiger partial charge < -0.3 is 4.90 Å². The summed E-state index contributed by atoms with van der Waals surface area (Å²) in [6, 6.07) is 5.04. The molecule has 2 fully saturated rings. The Morgan fingerprint density at radius 3 is 2.42 bits per heavy atom. The molecule has 19 heavy (non-hydrogen) atoms. The summed E-state index contributed by atoms with van der Waals surface area (Å²) in [5, 5.41) is 0. The monoisotopic (exact) mass is 279 g/mol. The van der Waals surface area contributed by atoms with Gasteiger partial charge >= 0.3 is 0 Å². The van der Waals surface area contributed by atoms with Crippen LogP contribution >= 0.6 is 11.6 Å². The molecular formula is C15H22ClN3. The Hall–Kier alpha value is -0.800. The van der Waals surface area contributed by atoms with E-state index in [4.69, 9.17) is 11.6 Å². The van der Waals surface area contributed by atoms with Crippen molar-refractivity contribution in [2.24, 2.45) is 0 Å². The van der Waals surface area contributed by atoms with Crippen molar-refractivity contribution in [3.8, 4) is 0 Å². The lowest BCUT2D eigenvalue weighted by Gasteiger charge is -2.38. The van der Waals surface area contributed by atoms with Crippen molar-refractivity contribution in [1.82, 2.24) is 9.88 Å². The number of hydrogen-bond acceptors (Lipinski definition) is 3. The molecule has 0 bridgehead atoms. The van der Waals surface area contributed by atoms with Gasteiger partial charge in [-0.15, -0.1) is 11.6 Å². The molecule has 2 heterocycles. The largest absolute Gasteiger partial charge is 0.354 e. The van der Waals surface area contributed by atoms with Gasteiger partial charge in [0, 0.05) is 44.3 Å². The zero-order valence-electron chi connectivity index (χ0n) is 11.4. The van der Waals surface area contributed by atoms with Crippen LogP contribution in [0.1, 0.15) is 31.2 Å². The maximum absolute atomic E-state index is 5.80. The molecule has 104 valence electrons. The van der Waals surface area contributed by atoms with Crippen molar-refractivity contribution >= 4 is 17.4 Å². The molecule has 0 amide bonds. The van der Waals surface area contributed by atoms with Gasteiger partial charge in [0.05, 0.1) is 0 Å². The number of halogens is 1. The van der Waals surface area contributed by atoms with Crippen LogP contribution in [0.3, 0.4) is 0 Å². The molecular weight excluding hydrogens is 258 g/mol. The predicted molar refractivity (Wildman–Crippen MR) is 79.8 cm³/mol. The molecule has 0 unspecified atom stereocenters. The van der Waals surface area contributed by atoms with Crippen molar-refractivity contribution in [2.45, 2.75) is 37.6 Å². The van der Waals surface area contributed by atoms with E-state index in [2.05, 4.69) is 26.9 Å². The van der Waals surface area contributed by atoms with Crippen molar-refractivity contribution in [3.63, 3.8) is 0 Å². The summed E-state index contributed by atoms with van der Waals surface area (Å²) in [4.78, 5) is 9.59. The summed E-state index contributed by atoms with van der Waals surface area (Å²) < 4.78 is 0. The molecule has 1 saturated carbocycles. The maximum Gasteiger partial charge on any atom is 0.128 e. The van der Waals surface area contributed by atoms with Crippen LogP contribution in [0.15, 0.2) is 18.3 Å². The van der Waals surface area contributed by atoms with Crippen LogP contribution in [-0.2, 0) is 5.88 Å². The molecule has 4 heteroatoms. The highest BCUT2D eigenvalue weighted by Crippen LogP contribution is 2.25. The second kappa shape index (κ2) is 6.10. The van der Waals surface area contributed by atoms with E-state index in [1.54, 1.807) is 0 Å². The third-order valence-corrected chi connectivity index (χ3v) is 4.75. The fourth-order valence-electron chi connectivity index (χ4n) is 3.27. The lowest BCUT2D eigenvalue weighted by atomic mass is 10.2. The van der Waals surface area contributed by atoms with Crippen molar-refractivity contribution < 1.29 is 0 Å². The summed E-state index contributed by atoms with van der Waals surface area (Å²) in [6.07, 6.45) is 7.55. The molecule has 3 nitrogen and oxygen atoms in total. The fraction of sp³-hybridized carbons (Fsp3) is 0.667. The molecule has 0 radical (unpaired) electrons. The highest BCUT2D eigenvalue weighted by molar-refractivity contribution is 6.17. The summed E-state index contributed by atoms with van der Waals surface area (Å²) in [5.74, 6) is 1.64. The van der Waals surface area contributed by atoms with Crippen LogP contribution in [0.4, 0.5) is 5.82 Å². The second-order valence-electron chi connectivity index (χ2n) is 5.62. The lowest BCUT2D eigenvalue weighted by molar-refractivity contribution is 0.187. The molecule has 0 spiro atoms. The van der Waals surface area contributed by atoms with Gasteiger partial charge in [0.1, 0.15) is 5.82 Å². The van der Waals surface area contributed by atoms with Crippen LogP contribution in [0.25, 0.3) is 0 Å². The van der Waals surface area contributed by atoms with E-state index in [1.165, 1.54) is 38.8 Å². The molecule has 3 rings (SSSR count). The molecule has 0 atom stereocenters. The zero-order valence-corrected chi connectivity index (χ0v) is 12.1. The smallest absolute Gasteiger partial charge is 0.128 e. The lowest BCUT2D eigenvalue weighted by Crippen LogP contribution is -2.49. The Balaban J connectivity index is 1.56. The Morgan fingerprint density at radius 2 is 1.84 bits per heavy atom. The third-order valence-electron chi connectivity index (χ3n) is 4.44. The van der Waals surface area contributed by atoms with Gasteiger partial charge in [0.25, 0.3) is 0 Å². The Bertz CT molecular complexity index is 392. The predicted octanol–water partition coefficient (Wildman–Crippen LogP) is 2.89. The standard InChI is InChI=1S/C15H22ClN3/c16-11-13-5-6-15(17-12-13)19-9-7-18(8-10-19)14-3-1-2-4-14/h5-6,12,14H,1-4,7-11H2. The number of alkyl halides is 1. The summed E-state index contributed by atoms with van der Waals surface area (Å²) in [7, 11) is 0. The molecule has 2 aliphatic rings. The van der Waals surface area contributed by atoms with Crippen molar-refractivity contribution in [1.29, 1.82) is 0 Å². The summed E-state index contributed by atoms with van der Waals surface area (Å²) in [6.45, 7) is 4.57. The van der Waals surface area contributed by atoms with Gasteiger partial charge in [0.2, 0.25) is 0 Å². The molecule has 1 aliphatic heterocycles.